The molecular weight excluding hydrogens is 210 g/mol. The van der Waals surface area contributed by atoms with Crippen LogP contribution < -0.4 is 5.73 Å². The van der Waals surface area contributed by atoms with Crippen molar-refractivity contribution < 1.29 is 5.11 Å². The first-order chi connectivity index (χ1) is 8.19. The second kappa shape index (κ2) is 4.11. The first-order valence-electron chi connectivity index (χ1n) is 6.76. The van der Waals surface area contributed by atoms with Gasteiger partial charge in [-0.25, -0.2) is 0 Å². The lowest BCUT2D eigenvalue weighted by molar-refractivity contribution is 0.00922. The van der Waals surface area contributed by atoms with E-state index in [1.807, 2.05) is 12.1 Å². The summed E-state index contributed by atoms with van der Waals surface area (Å²) in [4.78, 5) is 0. The summed E-state index contributed by atoms with van der Waals surface area (Å²) in [6.07, 6.45) is 6.81. The molecule has 17 heavy (non-hydrogen) atoms. The van der Waals surface area contributed by atoms with Crippen LogP contribution in [-0.4, -0.2) is 5.11 Å². The Morgan fingerprint density at radius 2 is 1.94 bits per heavy atom. The van der Waals surface area contributed by atoms with Gasteiger partial charge in [-0.2, -0.15) is 0 Å². The second-order valence-electron chi connectivity index (χ2n) is 5.78. The predicted octanol–water partition coefficient (Wildman–Crippen LogP) is 2.86. The molecule has 0 amide bonds. The largest absolute Gasteiger partial charge is 0.385 e. The van der Waals surface area contributed by atoms with E-state index < -0.39 is 5.60 Å². The molecule has 0 heterocycles. The summed E-state index contributed by atoms with van der Waals surface area (Å²) >= 11 is 0. The van der Waals surface area contributed by atoms with Crippen molar-refractivity contribution in [2.24, 2.45) is 11.7 Å². The van der Waals surface area contributed by atoms with Crippen LogP contribution in [0.4, 0.5) is 0 Å². The number of nitrogens with two attached hydrogens (primary N) is 1. The number of hydrogen-bond donors (Lipinski definition) is 2. The smallest absolute Gasteiger partial charge is 0.0920 e. The molecule has 2 aliphatic rings. The highest BCUT2D eigenvalue weighted by Crippen LogP contribution is 2.47. The SMILES string of the molecule is NC1CC(O)(CC2CCCC2)c2ccccc21. The monoisotopic (exact) mass is 231 g/mol. The number of rotatable bonds is 2. The average Bonchev–Trinajstić information content (AvgIpc) is 2.89. The fraction of sp³-hybridized carbons (Fsp3) is 0.600. The third kappa shape index (κ3) is 1.90. The molecule has 0 radical (unpaired) electrons. The highest BCUT2D eigenvalue weighted by Gasteiger charge is 2.42. The van der Waals surface area contributed by atoms with Crippen molar-refractivity contribution >= 4 is 0 Å². The summed E-state index contributed by atoms with van der Waals surface area (Å²) in [5.74, 6) is 0.693. The van der Waals surface area contributed by atoms with Crippen LogP contribution >= 0.6 is 0 Å². The van der Waals surface area contributed by atoms with E-state index in [1.165, 1.54) is 25.7 Å². The highest BCUT2D eigenvalue weighted by atomic mass is 16.3. The molecule has 1 aromatic carbocycles. The maximum absolute atomic E-state index is 10.9. The van der Waals surface area contributed by atoms with Gasteiger partial charge in [-0.1, -0.05) is 49.9 Å². The summed E-state index contributed by atoms with van der Waals surface area (Å²) in [6, 6.07) is 8.15. The van der Waals surface area contributed by atoms with Crippen molar-refractivity contribution in [3.05, 3.63) is 35.4 Å². The third-order valence-corrected chi connectivity index (χ3v) is 4.52. The Labute approximate surface area is 103 Å². The van der Waals surface area contributed by atoms with Crippen molar-refractivity contribution in [3.63, 3.8) is 0 Å². The molecule has 1 fully saturated rings. The predicted molar refractivity (Wildman–Crippen MR) is 68.5 cm³/mol. The molecule has 3 N–H and O–H groups in total. The molecule has 0 spiro atoms. The molecule has 2 aliphatic carbocycles. The minimum atomic E-state index is -0.662. The van der Waals surface area contributed by atoms with Crippen molar-refractivity contribution in [1.29, 1.82) is 0 Å². The first-order valence-corrected chi connectivity index (χ1v) is 6.76. The number of aliphatic hydroxyl groups is 1. The maximum atomic E-state index is 10.9. The van der Waals surface area contributed by atoms with E-state index in [-0.39, 0.29) is 6.04 Å². The third-order valence-electron chi connectivity index (χ3n) is 4.52. The van der Waals surface area contributed by atoms with Crippen molar-refractivity contribution in [2.75, 3.05) is 0 Å². The van der Waals surface area contributed by atoms with Crippen LogP contribution in [0.5, 0.6) is 0 Å². The molecule has 1 saturated carbocycles. The Morgan fingerprint density at radius 3 is 2.71 bits per heavy atom. The Bertz CT molecular complexity index is 411. The van der Waals surface area contributed by atoms with Gasteiger partial charge < -0.3 is 10.8 Å². The maximum Gasteiger partial charge on any atom is 0.0920 e. The Morgan fingerprint density at radius 1 is 1.24 bits per heavy atom. The van der Waals surface area contributed by atoms with E-state index in [9.17, 15) is 5.11 Å². The van der Waals surface area contributed by atoms with Crippen LogP contribution in [0.15, 0.2) is 24.3 Å². The topological polar surface area (TPSA) is 46.2 Å². The zero-order valence-corrected chi connectivity index (χ0v) is 10.2. The fourth-order valence-electron chi connectivity index (χ4n) is 3.71. The lowest BCUT2D eigenvalue weighted by Gasteiger charge is -2.27. The van der Waals surface area contributed by atoms with E-state index in [1.54, 1.807) is 0 Å². The van der Waals surface area contributed by atoms with Crippen LogP contribution in [0.3, 0.4) is 0 Å². The van der Waals surface area contributed by atoms with Crippen molar-refractivity contribution in [2.45, 2.75) is 50.2 Å². The minimum absolute atomic E-state index is 0.0117. The van der Waals surface area contributed by atoms with Gasteiger partial charge in [-0.3, -0.25) is 0 Å². The standard InChI is InChI=1S/C15H21NO/c16-14-10-15(17,9-11-5-1-2-6-11)13-8-4-3-7-12(13)14/h3-4,7-8,11,14,17H,1-2,5-6,9-10,16H2. The number of fused-ring (bicyclic) bond motifs is 1. The Kier molecular flexibility index (Phi) is 2.72. The second-order valence-corrected chi connectivity index (χ2v) is 5.78. The lowest BCUT2D eigenvalue weighted by atomic mass is 9.85. The molecule has 92 valence electrons. The van der Waals surface area contributed by atoms with Crippen LogP contribution in [0.2, 0.25) is 0 Å². The number of hydrogen-bond acceptors (Lipinski definition) is 2. The van der Waals surface area contributed by atoms with Gasteiger partial charge in [0.05, 0.1) is 5.60 Å². The minimum Gasteiger partial charge on any atom is -0.385 e. The van der Waals surface area contributed by atoms with Crippen molar-refractivity contribution in [1.82, 2.24) is 0 Å². The fourth-order valence-corrected chi connectivity index (χ4v) is 3.71. The van der Waals surface area contributed by atoms with Gasteiger partial charge in [0.15, 0.2) is 0 Å². The van der Waals surface area contributed by atoms with Gasteiger partial charge >= 0.3 is 0 Å². The quantitative estimate of drug-likeness (QED) is 0.822. The normalized spacial score (nSPS) is 32.9. The van der Waals surface area contributed by atoms with Gasteiger partial charge in [0.1, 0.15) is 0 Å². The van der Waals surface area contributed by atoms with Gasteiger partial charge in [0.2, 0.25) is 0 Å². The highest BCUT2D eigenvalue weighted by molar-refractivity contribution is 5.39. The molecule has 2 heteroatoms. The molecule has 3 rings (SSSR count). The molecule has 2 atom stereocenters. The van der Waals surface area contributed by atoms with E-state index in [2.05, 4.69) is 12.1 Å². The Hall–Kier alpha value is -0.860. The zero-order valence-electron chi connectivity index (χ0n) is 10.2. The van der Waals surface area contributed by atoms with Gasteiger partial charge in [-0.05, 0) is 29.9 Å². The summed E-state index contributed by atoms with van der Waals surface area (Å²) < 4.78 is 0. The first kappa shape index (κ1) is 11.2. The molecule has 2 nitrogen and oxygen atoms in total. The summed E-state index contributed by atoms with van der Waals surface area (Å²) in [5, 5.41) is 10.9. The van der Waals surface area contributed by atoms with E-state index in [0.29, 0.717) is 12.3 Å². The molecule has 0 aliphatic heterocycles. The molecule has 2 unspecified atom stereocenters. The van der Waals surface area contributed by atoms with Gasteiger partial charge in [0.25, 0.3) is 0 Å². The van der Waals surface area contributed by atoms with E-state index in [0.717, 1.165) is 17.5 Å². The molecule has 1 aromatic rings. The molecular formula is C15H21NO. The molecule has 0 saturated heterocycles. The van der Waals surface area contributed by atoms with E-state index in [4.69, 9.17) is 5.73 Å². The van der Waals surface area contributed by atoms with Gasteiger partial charge in [-0.15, -0.1) is 0 Å². The molecule has 0 bridgehead atoms. The van der Waals surface area contributed by atoms with Crippen LogP contribution in [0.1, 0.15) is 55.7 Å². The molecule has 0 aromatic heterocycles. The summed E-state index contributed by atoms with van der Waals surface area (Å²) in [5.41, 5.74) is 7.70. The van der Waals surface area contributed by atoms with Crippen molar-refractivity contribution in [3.8, 4) is 0 Å². The van der Waals surface area contributed by atoms with Crippen LogP contribution in [-0.2, 0) is 5.60 Å². The Balaban J connectivity index is 1.88. The van der Waals surface area contributed by atoms with Gasteiger partial charge in [0, 0.05) is 6.04 Å². The summed E-state index contributed by atoms with van der Waals surface area (Å²) in [6.45, 7) is 0. The summed E-state index contributed by atoms with van der Waals surface area (Å²) in [7, 11) is 0. The van der Waals surface area contributed by atoms with E-state index >= 15 is 0 Å². The number of benzene rings is 1. The van der Waals surface area contributed by atoms with Crippen LogP contribution in [0, 0.1) is 5.92 Å². The van der Waals surface area contributed by atoms with Crippen LogP contribution in [0.25, 0.3) is 0 Å². The lowest BCUT2D eigenvalue weighted by Crippen LogP contribution is -2.26. The average molecular weight is 231 g/mol. The zero-order chi connectivity index (χ0) is 11.9.